The van der Waals surface area contributed by atoms with Gasteiger partial charge in [-0.15, -0.1) is 0 Å². The zero-order chi connectivity index (χ0) is 13.8. The summed E-state index contributed by atoms with van der Waals surface area (Å²) in [7, 11) is 0. The lowest BCUT2D eigenvalue weighted by molar-refractivity contribution is -0.116. The molecule has 1 aromatic carbocycles. The predicted octanol–water partition coefficient (Wildman–Crippen LogP) is 2.22. The highest BCUT2D eigenvalue weighted by Gasteiger charge is 2.27. The van der Waals surface area contributed by atoms with Crippen LogP contribution in [0.3, 0.4) is 0 Å². The Morgan fingerprint density at radius 1 is 1.53 bits per heavy atom. The van der Waals surface area contributed by atoms with Crippen LogP contribution < -0.4 is 11.1 Å². The standard InChI is InChI=1S/C14H20FN3O/c1-2-18(11-4-5-11)8-7-14(19)17-13-6-3-10(15)9-12(13)16/h3,6,9,11H,2,4-5,7-8,16H2,1H3,(H,17,19). The molecule has 104 valence electrons. The second kappa shape index (κ2) is 6.02. The number of halogens is 1. The van der Waals surface area contributed by atoms with Gasteiger partial charge in [0.15, 0.2) is 0 Å². The van der Waals surface area contributed by atoms with Crippen molar-refractivity contribution in [2.24, 2.45) is 0 Å². The van der Waals surface area contributed by atoms with Crippen LogP contribution in [0.25, 0.3) is 0 Å². The van der Waals surface area contributed by atoms with Gasteiger partial charge < -0.3 is 16.0 Å². The van der Waals surface area contributed by atoms with Gasteiger partial charge >= 0.3 is 0 Å². The van der Waals surface area contributed by atoms with Crippen LogP contribution >= 0.6 is 0 Å². The Hall–Kier alpha value is -1.62. The Balaban J connectivity index is 1.83. The third-order valence-corrected chi connectivity index (χ3v) is 3.38. The number of nitrogen functional groups attached to an aromatic ring is 1. The first-order chi connectivity index (χ1) is 9.10. The van der Waals surface area contributed by atoms with Crippen molar-refractivity contribution < 1.29 is 9.18 Å². The summed E-state index contributed by atoms with van der Waals surface area (Å²) < 4.78 is 12.9. The second-order valence-electron chi connectivity index (χ2n) is 4.89. The van der Waals surface area contributed by atoms with E-state index in [0.717, 1.165) is 13.1 Å². The van der Waals surface area contributed by atoms with Gasteiger partial charge in [-0.3, -0.25) is 4.79 Å². The van der Waals surface area contributed by atoms with Gasteiger partial charge in [-0.05, 0) is 37.6 Å². The lowest BCUT2D eigenvalue weighted by Gasteiger charge is -2.19. The summed E-state index contributed by atoms with van der Waals surface area (Å²) >= 11 is 0. The molecule has 1 aliphatic carbocycles. The van der Waals surface area contributed by atoms with E-state index in [0.29, 0.717) is 18.2 Å². The molecule has 0 saturated heterocycles. The van der Waals surface area contributed by atoms with Crippen molar-refractivity contribution in [3.8, 4) is 0 Å². The summed E-state index contributed by atoms with van der Waals surface area (Å²) in [5, 5.41) is 2.72. The molecule has 0 bridgehead atoms. The number of nitrogens with zero attached hydrogens (tertiary/aromatic N) is 1. The molecule has 0 radical (unpaired) electrons. The van der Waals surface area contributed by atoms with Crippen molar-refractivity contribution in [1.29, 1.82) is 0 Å². The van der Waals surface area contributed by atoms with Gasteiger partial charge in [-0.2, -0.15) is 0 Å². The highest BCUT2D eigenvalue weighted by molar-refractivity contribution is 5.93. The number of anilines is 2. The average molecular weight is 265 g/mol. The summed E-state index contributed by atoms with van der Waals surface area (Å²) in [4.78, 5) is 14.1. The van der Waals surface area contributed by atoms with Crippen molar-refractivity contribution >= 4 is 17.3 Å². The van der Waals surface area contributed by atoms with Crippen molar-refractivity contribution in [3.63, 3.8) is 0 Å². The Labute approximate surface area is 112 Å². The molecule has 3 N–H and O–H groups in total. The van der Waals surface area contributed by atoms with Gasteiger partial charge in [0, 0.05) is 19.0 Å². The molecule has 2 rings (SSSR count). The number of hydrogen-bond acceptors (Lipinski definition) is 3. The maximum atomic E-state index is 12.9. The number of rotatable bonds is 6. The van der Waals surface area contributed by atoms with E-state index in [1.165, 1.54) is 31.0 Å². The van der Waals surface area contributed by atoms with E-state index in [9.17, 15) is 9.18 Å². The van der Waals surface area contributed by atoms with Gasteiger partial charge in [0.05, 0.1) is 11.4 Å². The molecule has 0 unspecified atom stereocenters. The molecule has 0 atom stereocenters. The number of benzene rings is 1. The summed E-state index contributed by atoms with van der Waals surface area (Å²) in [6, 6.07) is 4.64. The van der Waals surface area contributed by atoms with Crippen LogP contribution in [0.5, 0.6) is 0 Å². The Bertz CT molecular complexity index is 460. The molecule has 1 saturated carbocycles. The van der Waals surface area contributed by atoms with E-state index in [1.54, 1.807) is 0 Å². The van der Waals surface area contributed by atoms with E-state index in [-0.39, 0.29) is 11.6 Å². The zero-order valence-corrected chi connectivity index (χ0v) is 11.2. The third kappa shape index (κ3) is 3.92. The normalized spacial score (nSPS) is 14.7. The number of carbonyl (C=O) groups excluding carboxylic acids is 1. The van der Waals surface area contributed by atoms with Crippen LogP contribution in [0.4, 0.5) is 15.8 Å². The topological polar surface area (TPSA) is 58.4 Å². The van der Waals surface area contributed by atoms with E-state index < -0.39 is 5.82 Å². The molecule has 1 aromatic rings. The smallest absolute Gasteiger partial charge is 0.225 e. The molecular formula is C14H20FN3O. The molecule has 1 fully saturated rings. The molecule has 19 heavy (non-hydrogen) atoms. The molecule has 5 heteroatoms. The molecule has 0 spiro atoms. The zero-order valence-electron chi connectivity index (χ0n) is 11.2. The van der Waals surface area contributed by atoms with E-state index in [1.807, 2.05) is 0 Å². The lowest BCUT2D eigenvalue weighted by atomic mass is 10.2. The molecule has 4 nitrogen and oxygen atoms in total. The van der Waals surface area contributed by atoms with Gasteiger partial charge in [0.1, 0.15) is 5.82 Å². The Kier molecular flexibility index (Phi) is 4.37. The highest BCUT2D eigenvalue weighted by Crippen LogP contribution is 2.26. The minimum Gasteiger partial charge on any atom is -0.397 e. The van der Waals surface area contributed by atoms with Crippen molar-refractivity contribution in [2.45, 2.75) is 32.2 Å². The van der Waals surface area contributed by atoms with Crippen LogP contribution in [0, 0.1) is 5.82 Å². The minimum absolute atomic E-state index is 0.0857. The summed E-state index contributed by atoms with van der Waals surface area (Å²) in [5.41, 5.74) is 6.37. The first-order valence-electron chi connectivity index (χ1n) is 6.69. The Morgan fingerprint density at radius 2 is 2.26 bits per heavy atom. The molecule has 1 aliphatic rings. The number of carbonyl (C=O) groups is 1. The van der Waals surface area contributed by atoms with E-state index in [2.05, 4.69) is 17.1 Å². The largest absolute Gasteiger partial charge is 0.397 e. The van der Waals surface area contributed by atoms with Gasteiger partial charge in [-0.1, -0.05) is 6.92 Å². The maximum Gasteiger partial charge on any atom is 0.225 e. The molecule has 0 heterocycles. The van der Waals surface area contributed by atoms with Gasteiger partial charge in [0.25, 0.3) is 0 Å². The van der Waals surface area contributed by atoms with Crippen LogP contribution in [-0.2, 0) is 4.79 Å². The molecule has 1 amide bonds. The summed E-state index contributed by atoms with van der Waals surface area (Å²) in [6.07, 6.45) is 2.90. The van der Waals surface area contributed by atoms with Crippen LogP contribution in [0.2, 0.25) is 0 Å². The first-order valence-corrected chi connectivity index (χ1v) is 6.69. The molecule has 0 aliphatic heterocycles. The fourth-order valence-electron chi connectivity index (χ4n) is 2.14. The predicted molar refractivity (Wildman–Crippen MR) is 74.3 cm³/mol. The number of nitrogens with two attached hydrogens (primary N) is 1. The number of amides is 1. The summed E-state index contributed by atoms with van der Waals surface area (Å²) in [6.45, 7) is 3.83. The average Bonchev–Trinajstić information content (AvgIpc) is 3.18. The maximum absolute atomic E-state index is 12.9. The molecular weight excluding hydrogens is 245 g/mol. The van der Waals surface area contributed by atoms with Crippen molar-refractivity contribution in [1.82, 2.24) is 4.90 Å². The van der Waals surface area contributed by atoms with Crippen LogP contribution in [0.15, 0.2) is 18.2 Å². The quantitative estimate of drug-likeness (QED) is 0.775. The monoisotopic (exact) mass is 265 g/mol. The van der Waals surface area contributed by atoms with Crippen molar-refractivity contribution in [2.75, 3.05) is 24.1 Å². The number of hydrogen-bond donors (Lipinski definition) is 2. The second-order valence-corrected chi connectivity index (χ2v) is 4.89. The van der Waals surface area contributed by atoms with E-state index in [4.69, 9.17) is 5.73 Å². The van der Waals surface area contributed by atoms with Crippen LogP contribution in [-0.4, -0.2) is 29.9 Å². The van der Waals surface area contributed by atoms with E-state index >= 15 is 0 Å². The fraction of sp³-hybridized carbons (Fsp3) is 0.500. The van der Waals surface area contributed by atoms with Gasteiger partial charge in [0.2, 0.25) is 5.91 Å². The lowest BCUT2D eigenvalue weighted by Crippen LogP contribution is -2.29. The third-order valence-electron chi connectivity index (χ3n) is 3.38. The number of nitrogens with one attached hydrogen (secondary N) is 1. The van der Waals surface area contributed by atoms with Crippen LogP contribution in [0.1, 0.15) is 26.2 Å². The minimum atomic E-state index is -0.401. The fourth-order valence-corrected chi connectivity index (χ4v) is 2.14. The Morgan fingerprint density at radius 3 is 2.84 bits per heavy atom. The van der Waals surface area contributed by atoms with Crippen molar-refractivity contribution in [3.05, 3.63) is 24.0 Å². The summed E-state index contributed by atoms with van der Waals surface area (Å²) in [5.74, 6) is -0.487. The molecule has 0 aromatic heterocycles. The van der Waals surface area contributed by atoms with Gasteiger partial charge in [-0.25, -0.2) is 4.39 Å². The highest BCUT2D eigenvalue weighted by atomic mass is 19.1. The first kappa shape index (κ1) is 13.8. The SMILES string of the molecule is CCN(CCC(=O)Nc1ccc(F)cc1N)C1CC1.